The van der Waals surface area contributed by atoms with Crippen molar-refractivity contribution in [2.45, 2.75) is 4.90 Å². The van der Waals surface area contributed by atoms with Crippen LogP contribution in [0.3, 0.4) is 0 Å². The van der Waals surface area contributed by atoms with Gasteiger partial charge in [0.15, 0.2) is 0 Å². The molecule has 1 N–H and O–H groups in total. The van der Waals surface area contributed by atoms with Crippen molar-refractivity contribution in [3.8, 4) is 5.75 Å². The summed E-state index contributed by atoms with van der Waals surface area (Å²) in [4.78, 5) is -0.377. The highest BCUT2D eigenvalue weighted by atomic mass is 32.2. The largest absolute Gasteiger partial charge is 0.496 e. The van der Waals surface area contributed by atoms with Crippen LogP contribution in [-0.2, 0) is 20.1 Å². The summed E-state index contributed by atoms with van der Waals surface area (Å²) < 4.78 is 60.7. The second-order valence-electron chi connectivity index (χ2n) is 3.35. The second kappa shape index (κ2) is 5.04. The molecule has 0 aliphatic heterocycles. The minimum atomic E-state index is -4.37. The first kappa shape index (κ1) is 14.6. The number of nitrogens with zero attached hydrogens (tertiary/aromatic N) is 1. The minimum absolute atomic E-state index is 0.123. The number of methoxy groups -OCH3 is 1. The normalized spacial score (nSPS) is 12.8. The van der Waals surface area contributed by atoms with Crippen molar-refractivity contribution in [1.29, 1.82) is 0 Å². The zero-order valence-electron chi connectivity index (χ0n) is 9.56. The van der Waals surface area contributed by atoms with Crippen molar-refractivity contribution in [3.05, 3.63) is 23.8 Å². The summed E-state index contributed by atoms with van der Waals surface area (Å²) in [5.74, 6) is 0.231. The van der Waals surface area contributed by atoms with Crippen LogP contribution < -0.4 is 4.74 Å². The molecule has 1 rings (SSSR count). The summed E-state index contributed by atoms with van der Waals surface area (Å²) in [5, 5.41) is 0. The van der Waals surface area contributed by atoms with Gasteiger partial charge in [-0.05, 0) is 18.2 Å². The third kappa shape index (κ3) is 4.09. The molecule has 0 aliphatic carbocycles. The zero-order valence-corrected chi connectivity index (χ0v) is 11.2. The SMILES string of the molecule is COc1ccc(S(=O)(=O)O)cc1/C=N\S(C)(=O)=O. The molecule has 0 amide bonds. The number of sulfonamides is 1. The van der Waals surface area contributed by atoms with Crippen molar-refractivity contribution in [3.63, 3.8) is 0 Å². The van der Waals surface area contributed by atoms with Crippen LogP contribution in [-0.4, -0.2) is 41.0 Å². The molecule has 0 radical (unpaired) electrons. The van der Waals surface area contributed by atoms with Gasteiger partial charge >= 0.3 is 0 Å². The van der Waals surface area contributed by atoms with Crippen molar-refractivity contribution >= 4 is 26.4 Å². The maximum absolute atomic E-state index is 10.9. The van der Waals surface area contributed by atoms with Crippen molar-refractivity contribution in [2.24, 2.45) is 4.40 Å². The Morgan fingerprint density at radius 3 is 2.33 bits per heavy atom. The lowest BCUT2D eigenvalue weighted by molar-refractivity contribution is 0.413. The van der Waals surface area contributed by atoms with Gasteiger partial charge in [0.1, 0.15) is 5.75 Å². The summed E-state index contributed by atoms with van der Waals surface area (Å²) in [5.41, 5.74) is 0.123. The van der Waals surface area contributed by atoms with E-state index in [4.69, 9.17) is 9.29 Å². The van der Waals surface area contributed by atoms with Gasteiger partial charge in [0, 0.05) is 5.56 Å². The van der Waals surface area contributed by atoms with Crippen molar-refractivity contribution in [2.75, 3.05) is 13.4 Å². The third-order valence-electron chi connectivity index (χ3n) is 1.88. The summed E-state index contributed by atoms with van der Waals surface area (Å²) in [6.07, 6.45) is 1.84. The van der Waals surface area contributed by atoms with E-state index in [-0.39, 0.29) is 16.2 Å². The van der Waals surface area contributed by atoms with E-state index < -0.39 is 20.1 Å². The molecule has 0 bridgehead atoms. The predicted molar refractivity (Wildman–Crippen MR) is 65.2 cm³/mol. The number of rotatable bonds is 4. The molecule has 18 heavy (non-hydrogen) atoms. The average Bonchev–Trinajstić information content (AvgIpc) is 2.23. The molecule has 0 saturated heterocycles. The third-order valence-corrected chi connectivity index (χ3v) is 3.22. The van der Waals surface area contributed by atoms with Crippen LogP contribution >= 0.6 is 0 Å². The maximum atomic E-state index is 10.9. The molecule has 0 unspecified atom stereocenters. The van der Waals surface area contributed by atoms with Crippen LogP contribution in [0.1, 0.15) is 5.56 Å². The summed E-state index contributed by atoms with van der Waals surface area (Å²) in [7, 11) is -6.63. The molecule has 0 atom stereocenters. The molecule has 100 valence electrons. The average molecular weight is 293 g/mol. The van der Waals surface area contributed by atoms with E-state index in [1.54, 1.807) is 0 Å². The second-order valence-corrected chi connectivity index (χ2v) is 6.44. The van der Waals surface area contributed by atoms with Gasteiger partial charge in [0.2, 0.25) is 10.0 Å². The van der Waals surface area contributed by atoms with E-state index >= 15 is 0 Å². The standard InChI is InChI=1S/C9H11NO6S2/c1-16-9-4-3-8(18(13,14)15)5-7(9)6-10-17(2,11)12/h3-6H,1-2H3,(H,13,14,15)/b10-6-. The van der Waals surface area contributed by atoms with E-state index in [1.165, 1.54) is 13.2 Å². The van der Waals surface area contributed by atoms with Crippen LogP contribution in [0.15, 0.2) is 27.5 Å². The molecule has 1 aromatic rings. The van der Waals surface area contributed by atoms with E-state index in [2.05, 4.69) is 4.40 Å². The summed E-state index contributed by atoms with van der Waals surface area (Å²) in [6.45, 7) is 0. The summed E-state index contributed by atoms with van der Waals surface area (Å²) >= 11 is 0. The van der Waals surface area contributed by atoms with E-state index in [0.717, 1.165) is 24.6 Å². The minimum Gasteiger partial charge on any atom is -0.496 e. The Morgan fingerprint density at radius 2 is 1.89 bits per heavy atom. The fourth-order valence-corrected chi connectivity index (χ4v) is 1.95. The van der Waals surface area contributed by atoms with E-state index in [9.17, 15) is 16.8 Å². The zero-order chi connectivity index (χ0) is 14.0. The lowest BCUT2D eigenvalue weighted by Gasteiger charge is -2.05. The molecule has 0 saturated carbocycles. The smallest absolute Gasteiger partial charge is 0.294 e. The number of benzene rings is 1. The predicted octanol–water partition coefficient (Wildman–Crippen LogP) is 0.320. The Balaban J connectivity index is 3.36. The van der Waals surface area contributed by atoms with Crippen LogP contribution in [0.25, 0.3) is 0 Å². The maximum Gasteiger partial charge on any atom is 0.294 e. The number of hydrogen-bond acceptors (Lipinski definition) is 5. The van der Waals surface area contributed by atoms with Crippen LogP contribution in [0, 0.1) is 0 Å². The van der Waals surface area contributed by atoms with Gasteiger partial charge in [-0.25, -0.2) is 8.42 Å². The van der Waals surface area contributed by atoms with Gasteiger partial charge in [-0.15, -0.1) is 0 Å². The highest BCUT2D eigenvalue weighted by Gasteiger charge is 2.12. The van der Waals surface area contributed by atoms with Gasteiger partial charge in [-0.3, -0.25) is 4.55 Å². The first-order valence-corrected chi connectivity index (χ1v) is 7.83. The molecule has 0 aliphatic rings. The first-order valence-electron chi connectivity index (χ1n) is 4.54. The first-order chi connectivity index (χ1) is 8.13. The fourth-order valence-electron chi connectivity index (χ4n) is 1.13. The molecule has 0 spiro atoms. The molecule has 9 heteroatoms. The molecule has 0 fully saturated rings. The molecule has 0 aromatic heterocycles. The lowest BCUT2D eigenvalue weighted by Crippen LogP contribution is -2.01. The van der Waals surface area contributed by atoms with Gasteiger partial charge in [0.05, 0.1) is 24.5 Å². The van der Waals surface area contributed by atoms with E-state index in [1.807, 2.05) is 0 Å². The van der Waals surface area contributed by atoms with E-state index in [0.29, 0.717) is 0 Å². The molecule has 7 nitrogen and oxygen atoms in total. The molecular formula is C9H11NO6S2. The van der Waals surface area contributed by atoms with Crippen LogP contribution in [0.4, 0.5) is 0 Å². The Labute approximate surface area is 105 Å². The summed E-state index contributed by atoms with van der Waals surface area (Å²) in [6, 6.07) is 3.47. The van der Waals surface area contributed by atoms with Crippen LogP contribution in [0.2, 0.25) is 0 Å². The Morgan fingerprint density at radius 1 is 1.28 bits per heavy atom. The number of hydrogen-bond donors (Lipinski definition) is 1. The van der Waals surface area contributed by atoms with Gasteiger partial charge in [-0.2, -0.15) is 12.8 Å². The lowest BCUT2D eigenvalue weighted by atomic mass is 10.2. The topological polar surface area (TPSA) is 110 Å². The fraction of sp³-hybridized carbons (Fsp3) is 0.222. The van der Waals surface area contributed by atoms with Crippen LogP contribution in [0.5, 0.6) is 5.75 Å². The highest BCUT2D eigenvalue weighted by molar-refractivity contribution is 7.89. The quantitative estimate of drug-likeness (QED) is 0.632. The monoisotopic (exact) mass is 293 g/mol. The highest BCUT2D eigenvalue weighted by Crippen LogP contribution is 2.20. The van der Waals surface area contributed by atoms with Gasteiger partial charge in [-0.1, -0.05) is 0 Å². The Hall–Kier alpha value is -1.45. The van der Waals surface area contributed by atoms with Gasteiger partial charge < -0.3 is 4.74 Å². The molecular weight excluding hydrogens is 282 g/mol. The Kier molecular flexibility index (Phi) is 4.09. The Bertz CT molecular complexity index is 675. The van der Waals surface area contributed by atoms with Crippen molar-refractivity contribution < 1.29 is 26.1 Å². The van der Waals surface area contributed by atoms with Crippen molar-refractivity contribution in [1.82, 2.24) is 0 Å². The number of ether oxygens (including phenoxy) is 1. The molecule has 0 heterocycles. The van der Waals surface area contributed by atoms with Gasteiger partial charge in [0.25, 0.3) is 10.1 Å². The molecule has 1 aromatic carbocycles.